The van der Waals surface area contributed by atoms with Crippen molar-refractivity contribution in [3.8, 4) is 0 Å². The van der Waals surface area contributed by atoms with Gasteiger partial charge in [-0.2, -0.15) is 0 Å². The molecule has 2 aromatic rings. The molecule has 0 unspecified atom stereocenters. The first-order valence-corrected chi connectivity index (χ1v) is 6.80. The van der Waals surface area contributed by atoms with Crippen LogP contribution in [0.3, 0.4) is 0 Å². The number of nitrogens with one attached hydrogen (secondary N) is 1. The Hall–Kier alpha value is -1.48. The molecule has 0 aliphatic heterocycles. The van der Waals surface area contributed by atoms with E-state index in [1.165, 1.54) is 5.69 Å². The van der Waals surface area contributed by atoms with Gasteiger partial charge >= 0.3 is 0 Å². The fourth-order valence-corrected chi connectivity index (χ4v) is 2.18. The fraction of sp³-hybridized carbons (Fsp3) is 0.200. The fourth-order valence-electron chi connectivity index (χ4n) is 1.78. The summed E-state index contributed by atoms with van der Waals surface area (Å²) in [4.78, 5) is 2.24. The SMILES string of the molecule is CN(CCNc1cccc(Br)c1)c1ccccc1. The maximum Gasteiger partial charge on any atom is 0.0364 e. The van der Waals surface area contributed by atoms with Crippen LogP contribution in [0.2, 0.25) is 0 Å². The summed E-state index contributed by atoms with van der Waals surface area (Å²) < 4.78 is 1.10. The average molecular weight is 305 g/mol. The first-order chi connectivity index (χ1) is 8.75. The molecule has 0 aliphatic rings. The zero-order valence-corrected chi connectivity index (χ0v) is 12.0. The Morgan fingerprint density at radius 1 is 1.06 bits per heavy atom. The maximum atomic E-state index is 3.47. The van der Waals surface area contributed by atoms with Crippen LogP contribution in [-0.4, -0.2) is 20.1 Å². The predicted octanol–water partition coefficient (Wildman–Crippen LogP) is 4.00. The second-order valence-corrected chi connectivity index (χ2v) is 5.11. The Morgan fingerprint density at radius 3 is 2.56 bits per heavy atom. The first kappa shape index (κ1) is 13.0. The highest BCUT2D eigenvalue weighted by atomic mass is 79.9. The third kappa shape index (κ3) is 3.77. The van der Waals surface area contributed by atoms with Gasteiger partial charge in [-0.1, -0.05) is 40.2 Å². The van der Waals surface area contributed by atoms with Crippen molar-refractivity contribution in [2.45, 2.75) is 0 Å². The summed E-state index contributed by atoms with van der Waals surface area (Å²) in [6.45, 7) is 1.89. The standard InChI is InChI=1S/C15H17BrN2/c1-18(15-8-3-2-4-9-15)11-10-17-14-7-5-6-13(16)12-14/h2-9,12,17H,10-11H2,1H3. The van der Waals surface area contributed by atoms with Crippen molar-refractivity contribution in [2.24, 2.45) is 0 Å². The van der Waals surface area contributed by atoms with Crippen LogP contribution in [0, 0.1) is 0 Å². The number of likely N-dealkylation sites (N-methyl/N-ethyl adjacent to an activating group) is 1. The van der Waals surface area contributed by atoms with E-state index in [1.807, 2.05) is 18.2 Å². The van der Waals surface area contributed by atoms with E-state index in [0.29, 0.717) is 0 Å². The zero-order chi connectivity index (χ0) is 12.8. The molecule has 2 rings (SSSR count). The molecule has 94 valence electrons. The Bertz CT molecular complexity index is 485. The van der Waals surface area contributed by atoms with E-state index in [9.17, 15) is 0 Å². The monoisotopic (exact) mass is 304 g/mol. The summed E-state index contributed by atoms with van der Waals surface area (Å²) in [6, 6.07) is 18.6. The highest BCUT2D eigenvalue weighted by Crippen LogP contribution is 2.15. The smallest absolute Gasteiger partial charge is 0.0364 e. The van der Waals surface area contributed by atoms with Crippen molar-refractivity contribution >= 4 is 27.3 Å². The Labute approximate surface area is 117 Å². The Morgan fingerprint density at radius 2 is 1.83 bits per heavy atom. The summed E-state index contributed by atoms with van der Waals surface area (Å²) >= 11 is 3.47. The highest BCUT2D eigenvalue weighted by molar-refractivity contribution is 9.10. The molecule has 0 aliphatic carbocycles. The number of halogens is 1. The van der Waals surface area contributed by atoms with Crippen molar-refractivity contribution in [2.75, 3.05) is 30.4 Å². The van der Waals surface area contributed by atoms with Gasteiger partial charge in [0.2, 0.25) is 0 Å². The summed E-state index contributed by atoms with van der Waals surface area (Å²) in [6.07, 6.45) is 0. The molecule has 0 aromatic heterocycles. The summed E-state index contributed by atoms with van der Waals surface area (Å²) in [5.74, 6) is 0. The molecule has 0 amide bonds. The lowest BCUT2D eigenvalue weighted by Gasteiger charge is -2.19. The molecule has 0 saturated heterocycles. The van der Waals surface area contributed by atoms with Gasteiger partial charge in [0.1, 0.15) is 0 Å². The van der Waals surface area contributed by atoms with Crippen LogP contribution in [0.1, 0.15) is 0 Å². The van der Waals surface area contributed by atoms with Crippen LogP contribution in [0.25, 0.3) is 0 Å². The molecular weight excluding hydrogens is 288 g/mol. The van der Waals surface area contributed by atoms with Gasteiger partial charge in [0.15, 0.2) is 0 Å². The van der Waals surface area contributed by atoms with Crippen LogP contribution in [0.15, 0.2) is 59.1 Å². The molecule has 0 atom stereocenters. The molecule has 2 aromatic carbocycles. The normalized spacial score (nSPS) is 10.1. The summed E-state index contributed by atoms with van der Waals surface area (Å²) in [5.41, 5.74) is 2.39. The van der Waals surface area contributed by atoms with Crippen molar-refractivity contribution in [1.82, 2.24) is 0 Å². The molecule has 3 heteroatoms. The molecule has 0 fully saturated rings. The predicted molar refractivity (Wildman–Crippen MR) is 82.3 cm³/mol. The van der Waals surface area contributed by atoms with Crippen LogP contribution in [-0.2, 0) is 0 Å². The molecule has 0 saturated carbocycles. The molecule has 0 heterocycles. The minimum atomic E-state index is 0.918. The van der Waals surface area contributed by atoms with E-state index < -0.39 is 0 Å². The maximum absolute atomic E-state index is 3.47. The minimum absolute atomic E-state index is 0.918. The van der Waals surface area contributed by atoms with E-state index in [-0.39, 0.29) is 0 Å². The Kier molecular flexibility index (Phi) is 4.65. The highest BCUT2D eigenvalue weighted by Gasteiger charge is 1.99. The number of rotatable bonds is 5. The van der Waals surface area contributed by atoms with Crippen molar-refractivity contribution in [1.29, 1.82) is 0 Å². The molecule has 1 N–H and O–H groups in total. The molecule has 0 spiro atoms. The second kappa shape index (κ2) is 6.45. The molecule has 2 nitrogen and oxygen atoms in total. The van der Waals surface area contributed by atoms with Crippen molar-refractivity contribution in [3.63, 3.8) is 0 Å². The summed E-state index contributed by atoms with van der Waals surface area (Å²) in [5, 5.41) is 3.41. The van der Waals surface area contributed by atoms with Gasteiger partial charge in [0.05, 0.1) is 0 Å². The van der Waals surface area contributed by atoms with Gasteiger partial charge in [0.25, 0.3) is 0 Å². The lowest BCUT2D eigenvalue weighted by Crippen LogP contribution is -2.24. The zero-order valence-electron chi connectivity index (χ0n) is 10.4. The first-order valence-electron chi connectivity index (χ1n) is 6.01. The minimum Gasteiger partial charge on any atom is -0.383 e. The number of benzene rings is 2. The van der Waals surface area contributed by atoms with Crippen molar-refractivity contribution < 1.29 is 0 Å². The second-order valence-electron chi connectivity index (χ2n) is 4.19. The van der Waals surface area contributed by atoms with Crippen LogP contribution in [0.4, 0.5) is 11.4 Å². The van der Waals surface area contributed by atoms with Gasteiger partial charge in [-0.15, -0.1) is 0 Å². The molecule has 0 bridgehead atoms. The van der Waals surface area contributed by atoms with Gasteiger partial charge < -0.3 is 10.2 Å². The topological polar surface area (TPSA) is 15.3 Å². The van der Waals surface area contributed by atoms with Gasteiger partial charge in [-0.05, 0) is 30.3 Å². The van der Waals surface area contributed by atoms with Crippen LogP contribution < -0.4 is 10.2 Å². The Balaban J connectivity index is 1.82. The van der Waals surface area contributed by atoms with Crippen LogP contribution in [0.5, 0.6) is 0 Å². The van der Waals surface area contributed by atoms with Gasteiger partial charge in [-0.25, -0.2) is 0 Å². The van der Waals surface area contributed by atoms with E-state index in [0.717, 1.165) is 23.2 Å². The lowest BCUT2D eigenvalue weighted by atomic mass is 10.3. The quantitative estimate of drug-likeness (QED) is 0.898. The molecule has 0 radical (unpaired) electrons. The molecular formula is C15H17BrN2. The number of hydrogen-bond acceptors (Lipinski definition) is 2. The van der Waals surface area contributed by atoms with E-state index in [4.69, 9.17) is 0 Å². The third-order valence-corrected chi connectivity index (χ3v) is 3.29. The van der Waals surface area contributed by atoms with E-state index in [2.05, 4.69) is 69.6 Å². The number of para-hydroxylation sites is 1. The van der Waals surface area contributed by atoms with Crippen molar-refractivity contribution in [3.05, 3.63) is 59.1 Å². The number of nitrogens with zero attached hydrogens (tertiary/aromatic N) is 1. The largest absolute Gasteiger partial charge is 0.383 e. The van der Waals surface area contributed by atoms with E-state index in [1.54, 1.807) is 0 Å². The molecule has 18 heavy (non-hydrogen) atoms. The van der Waals surface area contributed by atoms with Gasteiger partial charge in [-0.3, -0.25) is 0 Å². The third-order valence-electron chi connectivity index (χ3n) is 2.80. The van der Waals surface area contributed by atoms with Crippen LogP contribution >= 0.6 is 15.9 Å². The average Bonchev–Trinajstić information content (AvgIpc) is 2.40. The lowest BCUT2D eigenvalue weighted by molar-refractivity contribution is 0.915. The number of hydrogen-bond donors (Lipinski definition) is 1. The summed E-state index contributed by atoms with van der Waals surface area (Å²) in [7, 11) is 2.11. The van der Waals surface area contributed by atoms with Gasteiger partial charge in [0, 0.05) is 36.0 Å². The van der Waals surface area contributed by atoms with E-state index >= 15 is 0 Å². The number of anilines is 2.